The molecule has 2 aromatic rings. The number of benzene rings is 2. The van der Waals surface area contributed by atoms with Gasteiger partial charge in [0.2, 0.25) is 0 Å². The van der Waals surface area contributed by atoms with E-state index < -0.39 is 0 Å². The third-order valence-electron chi connectivity index (χ3n) is 3.09. The molecule has 0 aliphatic carbocycles. The van der Waals surface area contributed by atoms with E-state index in [-0.39, 0.29) is 6.04 Å². The van der Waals surface area contributed by atoms with E-state index in [1.165, 1.54) is 0 Å². The van der Waals surface area contributed by atoms with Crippen LogP contribution in [0.25, 0.3) is 0 Å². The van der Waals surface area contributed by atoms with Crippen LogP contribution in [-0.2, 0) is 0 Å². The maximum absolute atomic E-state index is 6.28. The van der Waals surface area contributed by atoms with Gasteiger partial charge >= 0.3 is 0 Å². The van der Waals surface area contributed by atoms with Gasteiger partial charge in [0, 0.05) is 12.1 Å². The van der Waals surface area contributed by atoms with Crippen molar-refractivity contribution in [3.63, 3.8) is 0 Å². The van der Waals surface area contributed by atoms with E-state index in [0.29, 0.717) is 26.6 Å². The summed E-state index contributed by atoms with van der Waals surface area (Å²) >= 11 is 18.1. The van der Waals surface area contributed by atoms with Gasteiger partial charge in [0.05, 0.1) is 15.1 Å². The van der Waals surface area contributed by atoms with Crippen LogP contribution in [0.5, 0.6) is 11.5 Å². The van der Waals surface area contributed by atoms with E-state index in [4.69, 9.17) is 39.5 Å². The van der Waals surface area contributed by atoms with Crippen LogP contribution in [-0.4, -0.2) is 6.54 Å². The Bertz CT molecular complexity index is 631. The molecule has 0 aromatic heterocycles. The fourth-order valence-electron chi connectivity index (χ4n) is 1.96. The van der Waals surface area contributed by atoms with Crippen molar-refractivity contribution in [1.29, 1.82) is 0 Å². The molecule has 0 bridgehead atoms. The molecule has 0 spiro atoms. The SMILES string of the molecule is CCNC(C)c1ccc(Oc2ccc(Cl)c(Cl)c2)c(Cl)c1. The van der Waals surface area contributed by atoms with Crippen LogP contribution in [0.15, 0.2) is 36.4 Å². The number of halogens is 3. The summed E-state index contributed by atoms with van der Waals surface area (Å²) in [6, 6.07) is 11.1. The Morgan fingerprint density at radius 2 is 1.76 bits per heavy atom. The highest BCUT2D eigenvalue weighted by atomic mass is 35.5. The molecule has 1 N–H and O–H groups in total. The molecule has 0 heterocycles. The zero-order chi connectivity index (χ0) is 15.4. The third kappa shape index (κ3) is 4.27. The average Bonchev–Trinajstić information content (AvgIpc) is 2.45. The van der Waals surface area contributed by atoms with Gasteiger partial charge in [-0.25, -0.2) is 0 Å². The van der Waals surface area contributed by atoms with Gasteiger partial charge in [-0.3, -0.25) is 0 Å². The highest BCUT2D eigenvalue weighted by Gasteiger charge is 2.09. The first-order valence-electron chi connectivity index (χ1n) is 6.67. The molecule has 112 valence electrons. The van der Waals surface area contributed by atoms with Crippen LogP contribution in [0, 0.1) is 0 Å². The van der Waals surface area contributed by atoms with Crippen molar-refractivity contribution >= 4 is 34.8 Å². The summed E-state index contributed by atoms with van der Waals surface area (Å²) in [5.41, 5.74) is 1.11. The molecule has 2 rings (SSSR count). The molecule has 1 unspecified atom stereocenters. The maximum Gasteiger partial charge on any atom is 0.146 e. The average molecular weight is 345 g/mol. The normalized spacial score (nSPS) is 12.2. The third-order valence-corrected chi connectivity index (χ3v) is 4.12. The second-order valence-electron chi connectivity index (χ2n) is 4.65. The van der Waals surface area contributed by atoms with Crippen molar-refractivity contribution in [2.75, 3.05) is 6.54 Å². The Morgan fingerprint density at radius 1 is 1.00 bits per heavy atom. The second kappa shape index (κ2) is 7.37. The summed E-state index contributed by atoms with van der Waals surface area (Å²) < 4.78 is 5.74. The summed E-state index contributed by atoms with van der Waals surface area (Å²) in [4.78, 5) is 0. The Balaban J connectivity index is 2.19. The van der Waals surface area contributed by atoms with Gasteiger partial charge in [0.15, 0.2) is 0 Å². The van der Waals surface area contributed by atoms with Crippen molar-refractivity contribution in [2.24, 2.45) is 0 Å². The van der Waals surface area contributed by atoms with Gasteiger partial charge in [-0.05, 0) is 43.3 Å². The smallest absolute Gasteiger partial charge is 0.146 e. The molecule has 0 saturated carbocycles. The molecule has 21 heavy (non-hydrogen) atoms. The summed E-state index contributed by atoms with van der Waals surface area (Å²) in [7, 11) is 0. The van der Waals surface area contributed by atoms with Crippen molar-refractivity contribution in [3.8, 4) is 11.5 Å². The van der Waals surface area contributed by atoms with Crippen LogP contribution >= 0.6 is 34.8 Å². The molecule has 1 atom stereocenters. The maximum atomic E-state index is 6.28. The van der Waals surface area contributed by atoms with Crippen molar-refractivity contribution in [2.45, 2.75) is 19.9 Å². The van der Waals surface area contributed by atoms with E-state index in [1.807, 2.05) is 18.2 Å². The monoisotopic (exact) mass is 343 g/mol. The van der Waals surface area contributed by atoms with Gasteiger partial charge in [0.25, 0.3) is 0 Å². The lowest BCUT2D eigenvalue weighted by molar-refractivity contribution is 0.482. The molecule has 0 aliphatic rings. The van der Waals surface area contributed by atoms with Crippen molar-refractivity contribution in [1.82, 2.24) is 5.32 Å². The Hall–Kier alpha value is -0.930. The van der Waals surface area contributed by atoms with Crippen molar-refractivity contribution in [3.05, 3.63) is 57.0 Å². The highest BCUT2D eigenvalue weighted by molar-refractivity contribution is 6.42. The molecule has 2 nitrogen and oxygen atoms in total. The molecule has 5 heteroatoms. The van der Waals surface area contributed by atoms with Gasteiger partial charge in [-0.2, -0.15) is 0 Å². The van der Waals surface area contributed by atoms with Crippen LogP contribution in [0.3, 0.4) is 0 Å². The van der Waals surface area contributed by atoms with Gasteiger partial charge < -0.3 is 10.1 Å². The highest BCUT2D eigenvalue weighted by Crippen LogP contribution is 2.34. The molecule has 2 aromatic carbocycles. The molecule has 0 saturated heterocycles. The standard InChI is InChI=1S/C16H16Cl3NO/c1-3-20-10(2)11-4-7-16(15(19)8-11)21-12-5-6-13(17)14(18)9-12/h4-10,20H,3H2,1-2H3. The molecule has 0 fully saturated rings. The summed E-state index contributed by atoms with van der Waals surface area (Å²) in [6.45, 7) is 5.06. The van der Waals surface area contributed by atoms with Gasteiger partial charge in [-0.15, -0.1) is 0 Å². The Kier molecular flexibility index (Phi) is 5.77. The molecule has 0 aliphatic heterocycles. The Labute approximate surface area is 140 Å². The van der Waals surface area contributed by atoms with Crippen LogP contribution in [0.4, 0.5) is 0 Å². The largest absolute Gasteiger partial charge is 0.456 e. The summed E-state index contributed by atoms with van der Waals surface area (Å²) in [6.07, 6.45) is 0. The Morgan fingerprint density at radius 3 is 2.38 bits per heavy atom. The molecular weight excluding hydrogens is 329 g/mol. The number of hydrogen-bond acceptors (Lipinski definition) is 2. The van der Waals surface area contributed by atoms with E-state index >= 15 is 0 Å². The number of ether oxygens (including phenoxy) is 1. The van der Waals surface area contributed by atoms with E-state index in [9.17, 15) is 0 Å². The first-order chi connectivity index (χ1) is 10.0. The van der Waals surface area contributed by atoms with Crippen LogP contribution in [0.1, 0.15) is 25.5 Å². The fourth-order valence-corrected chi connectivity index (χ4v) is 2.48. The summed E-state index contributed by atoms with van der Waals surface area (Å²) in [5.74, 6) is 1.18. The minimum absolute atomic E-state index is 0.242. The van der Waals surface area contributed by atoms with Crippen LogP contribution < -0.4 is 10.1 Å². The lowest BCUT2D eigenvalue weighted by Crippen LogP contribution is -2.17. The lowest BCUT2D eigenvalue weighted by Gasteiger charge is -2.15. The minimum Gasteiger partial charge on any atom is -0.456 e. The zero-order valence-corrected chi connectivity index (χ0v) is 14.1. The summed E-state index contributed by atoms with van der Waals surface area (Å²) in [5, 5.41) is 4.84. The molecular formula is C16H16Cl3NO. The predicted molar refractivity (Wildman–Crippen MR) is 90.1 cm³/mol. The van der Waals surface area contributed by atoms with Crippen molar-refractivity contribution < 1.29 is 4.74 Å². The second-order valence-corrected chi connectivity index (χ2v) is 5.87. The number of nitrogens with one attached hydrogen (secondary N) is 1. The first-order valence-corrected chi connectivity index (χ1v) is 7.80. The van der Waals surface area contributed by atoms with E-state index in [0.717, 1.165) is 12.1 Å². The number of hydrogen-bond donors (Lipinski definition) is 1. The first kappa shape index (κ1) is 16.4. The molecule has 0 radical (unpaired) electrons. The van der Waals surface area contributed by atoms with E-state index in [2.05, 4.69) is 19.2 Å². The topological polar surface area (TPSA) is 21.3 Å². The van der Waals surface area contributed by atoms with Gasteiger partial charge in [-0.1, -0.05) is 47.8 Å². The van der Waals surface area contributed by atoms with Gasteiger partial charge in [0.1, 0.15) is 11.5 Å². The zero-order valence-electron chi connectivity index (χ0n) is 11.8. The van der Waals surface area contributed by atoms with E-state index in [1.54, 1.807) is 18.2 Å². The van der Waals surface area contributed by atoms with Crippen LogP contribution in [0.2, 0.25) is 15.1 Å². The predicted octanol–water partition coefficient (Wildman–Crippen LogP) is 6.11. The lowest BCUT2D eigenvalue weighted by atomic mass is 10.1. The number of rotatable bonds is 5. The molecule has 0 amide bonds. The fraction of sp³-hybridized carbons (Fsp3) is 0.250. The minimum atomic E-state index is 0.242. The quantitative estimate of drug-likeness (QED) is 0.706.